The number of hydrogen-bond acceptors (Lipinski definition) is 4. The summed E-state index contributed by atoms with van der Waals surface area (Å²) < 4.78 is 5.34. The zero-order valence-electron chi connectivity index (χ0n) is 9.19. The molecule has 2 N–H and O–H groups in total. The summed E-state index contributed by atoms with van der Waals surface area (Å²) in [4.78, 5) is 15.9. The molecule has 0 saturated carbocycles. The number of hydrogen-bond donors (Lipinski definition) is 1. The Kier molecular flexibility index (Phi) is 3.01. The molecule has 0 aliphatic rings. The second-order valence-corrected chi connectivity index (χ2v) is 3.73. The van der Waals surface area contributed by atoms with Crippen LogP contribution in [0.2, 0.25) is 0 Å². The first-order valence-corrected chi connectivity index (χ1v) is 5.31. The summed E-state index contributed by atoms with van der Waals surface area (Å²) >= 11 is 0. The Morgan fingerprint density at radius 2 is 2.31 bits per heavy atom. The van der Waals surface area contributed by atoms with Crippen molar-refractivity contribution >= 4 is 16.9 Å². The molecule has 0 fully saturated rings. The highest BCUT2D eigenvalue weighted by molar-refractivity contribution is 5.98. The Hall–Kier alpha value is -1.68. The zero-order valence-corrected chi connectivity index (χ0v) is 9.19. The molecule has 0 atom stereocenters. The number of nitrogens with two attached hydrogens (primary N) is 1. The first-order valence-electron chi connectivity index (χ1n) is 5.31. The maximum Gasteiger partial charge on any atom is 0.192 e. The van der Waals surface area contributed by atoms with E-state index < -0.39 is 0 Å². The van der Waals surface area contributed by atoms with E-state index in [2.05, 4.69) is 4.98 Å². The van der Waals surface area contributed by atoms with Crippen molar-refractivity contribution in [2.24, 2.45) is 5.73 Å². The molecule has 0 bridgehead atoms. The molecule has 0 aliphatic carbocycles. The Labute approximate surface area is 93.5 Å². The van der Waals surface area contributed by atoms with Crippen molar-refractivity contribution in [3.05, 3.63) is 29.7 Å². The molecule has 0 saturated heterocycles. The summed E-state index contributed by atoms with van der Waals surface area (Å²) in [6, 6.07) is 5.32. The molecule has 0 amide bonds. The molecule has 1 heterocycles. The maximum atomic E-state index is 11.7. The Bertz CT molecular complexity index is 517. The van der Waals surface area contributed by atoms with E-state index >= 15 is 0 Å². The van der Waals surface area contributed by atoms with E-state index in [4.69, 9.17) is 10.2 Å². The number of benzene rings is 1. The van der Waals surface area contributed by atoms with Crippen LogP contribution in [0.3, 0.4) is 0 Å². The van der Waals surface area contributed by atoms with E-state index in [0.717, 1.165) is 5.52 Å². The third kappa shape index (κ3) is 2.12. The van der Waals surface area contributed by atoms with Gasteiger partial charge in [-0.25, -0.2) is 4.98 Å². The molecule has 0 unspecified atom stereocenters. The number of fused-ring (bicyclic) bond motifs is 1. The first kappa shape index (κ1) is 10.8. The highest BCUT2D eigenvalue weighted by atomic mass is 16.3. The molecule has 2 aromatic rings. The van der Waals surface area contributed by atoms with E-state index in [-0.39, 0.29) is 5.78 Å². The first-order chi connectivity index (χ1) is 7.70. The van der Waals surface area contributed by atoms with Gasteiger partial charge in [0.05, 0.1) is 0 Å². The highest BCUT2D eigenvalue weighted by Crippen LogP contribution is 2.17. The van der Waals surface area contributed by atoms with Gasteiger partial charge in [-0.2, -0.15) is 0 Å². The fourth-order valence-electron chi connectivity index (χ4n) is 1.62. The second-order valence-electron chi connectivity index (χ2n) is 3.73. The summed E-state index contributed by atoms with van der Waals surface area (Å²) in [5.74, 6) is 0.717. The van der Waals surface area contributed by atoms with E-state index in [9.17, 15) is 4.79 Å². The average Bonchev–Trinajstić information content (AvgIpc) is 2.64. The Balaban J connectivity index is 2.28. The molecule has 1 aromatic heterocycles. The molecular weight excluding hydrogens is 204 g/mol. The van der Waals surface area contributed by atoms with Gasteiger partial charge in [0, 0.05) is 18.9 Å². The topological polar surface area (TPSA) is 69.1 Å². The molecule has 2 rings (SSSR count). The molecule has 16 heavy (non-hydrogen) atoms. The number of aryl methyl sites for hydroxylation is 1. The summed E-state index contributed by atoms with van der Waals surface area (Å²) in [5, 5.41) is 0. The Morgan fingerprint density at radius 1 is 1.50 bits per heavy atom. The number of carbonyl (C=O) groups is 1. The molecule has 0 radical (unpaired) electrons. The normalized spacial score (nSPS) is 10.9. The van der Waals surface area contributed by atoms with Gasteiger partial charge in [-0.05, 0) is 31.2 Å². The van der Waals surface area contributed by atoms with Crippen LogP contribution in [0.4, 0.5) is 0 Å². The number of carbonyl (C=O) groups excluding carboxylic acids is 1. The Morgan fingerprint density at radius 3 is 3.06 bits per heavy atom. The minimum atomic E-state index is 0.105. The smallest absolute Gasteiger partial charge is 0.192 e. The zero-order chi connectivity index (χ0) is 11.5. The van der Waals surface area contributed by atoms with E-state index in [1.165, 1.54) is 0 Å². The van der Waals surface area contributed by atoms with Crippen LogP contribution in [-0.2, 0) is 0 Å². The summed E-state index contributed by atoms with van der Waals surface area (Å²) in [5.41, 5.74) is 7.49. The third-order valence-electron chi connectivity index (χ3n) is 2.42. The van der Waals surface area contributed by atoms with Crippen molar-refractivity contribution in [2.45, 2.75) is 19.8 Å². The van der Waals surface area contributed by atoms with Crippen LogP contribution in [0.5, 0.6) is 0 Å². The standard InChI is InChI=1S/C12H14N2O2/c1-8-14-10-7-9(4-5-12(10)16-8)11(15)3-2-6-13/h4-5,7H,2-3,6,13H2,1H3. The summed E-state index contributed by atoms with van der Waals surface area (Å²) in [6.07, 6.45) is 1.20. The van der Waals surface area contributed by atoms with E-state index in [0.29, 0.717) is 36.4 Å². The molecule has 0 spiro atoms. The van der Waals surface area contributed by atoms with Gasteiger partial charge in [0.25, 0.3) is 0 Å². The van der Waals surface area contributed by atoms with Gasteiger partial charge in [0.1, 0.15) is 5.52 Å². The largest absolute Gasteiger partial charge is 0.441 e. The van der Waals surface area contributed by atoms with Crippen molar-refractivity contribution < 1.29 is 9.21 Å². The predicted molar refractivity (Wildman–Crippen MR) is 61.4 cm³/mol. The lowest BCUT2D eigenvalue weighted by molar-refractivity contribution is 0.0981. The monoisotopic (exact) mass is 218 g/mol. The van der Waals surface area contributed by atoms with Crippen LogP contribution in [0, 0.1) is 6.92 Å². The summed E-state index contributed by atoms with van der Waals surface area (Å²) in [6.45, 7) is 2.33. The minimum absolute atomic E-state index is 0.105. The lowest BCUT2D eigenvalue weighted by atomic mass is 10.1. The van der Waals surface area contributed by atoms with Crippen molar-refractivity contribution in [3.8, 4) is 0 Å². The van der Waals surface area contributed by atoms with Crippen molar-refractivity contribution in [1.29, 1.82) is 0 Å². The lowest BCUT2D eigenvalue weighted by Crippen LogP contribution is -2.04. The van der Waals surface area contributed by atoms with Crippen molar-refractivity contribution in [2.75, 3.05) is 6.54 Å². The molecular formula is C12H14N2O2. The van der Waals surface area contributed by atoms with Crippen LogP contribution < -0.4 is 5.73 Å². The van der Waals surface area contributed by atoms with Crippen LogP contribution in [0.1, 0.15) is 29.1 Å². The van der Waals surface area contributed by atoms with Crippen LogP contribution >= 0.6 is 0 Å². The number of aromatic nitrogens is 1. The minimum Gasteiger partial charge on any atom is -0.441 e. The second kappa shape index (κ2) is 4.45. The SMILES string of the molecule is Cc1nc2cc(C(=O)CCCN)ccc2o1. The molecule has 4 nitrogen and oxygen atoms in total. The van der Waals surface area contributed by atoms with Gasteiger partial charge >= 0.3 is 0 Å². The lowest BCUT2D eigenvalue weighted by Gasteiger charge is -1.98. The van der Waals surface area contributed by atoms with Crippen LogP contribution in [-0.4, -0.2) is 17.3 Å². The van der Waals surface area contributed by atoms with Crippen LogP contribution in [0.15, 0.2) is 22.6 Å². The molecule has 1 aromatic carbocycles. The van der Waals surface area contributed by atoms with Crippen molar-refractivity contribution in [1.82, 2.24) is 4.98 Å². The van der Waals surface area contributed by atoms with Crippen LogP contribution in [0.25, 0.3) is 11.1 Å². The molecule has 4 heteroatoms. The quantitative estimate of drug-likeness (QED) is 0.797. The predicted octanol–water partition coefficient (Wildman–Crippen LogP) is 2.06. The number of nitrogens with zero attached hydrogens (tertiary/aromatic N) is 1. The average molecular weight is 218 g/mol. The number of rotatable bonds is 4. The molecule has 84 valence electrons. The van der Waals surface area contributed by atoms with Gasteiger partial charge in [0.15, 0.2) is 17.3 Å². The number of Topliss-reactive ketones (excluding diaryl/α,β-unsaturated/α-hetero) is 1. The van der Waals surface area contributed by atoms with E-state index in [1.807, 2.05) is 0 Å². The van der Waals surface area contributed by atoms with Crippen molar-refractivity contribution in [3.63, 3.8) is 0 Å². The molecule has 0 aliphatic heterocycles. The summed E-state index contributed by atoms with van der Waals surface area (Å²) in [7, 11) is 0. The fraction of sp³-hybridized carbons (Fsp3) is 0.333. The van der Waals surface area contributed by atoms with Gasteiger partial charge in [-0.1, -0.05) is 0 Å². The van der Waals surface area contributed by atoms with Gasteiger partial charge in [-0.15, -0.1) is 0 Å². The third-order valence-corrected chi connectivity index (χ3v) is 2.42. The number of oxazole rings is 1. The fourth-order valence-corrected chi connectivity index (χ4v) is 1.62. The highest BCUT2D eigenvalue weighted by Gasteiger charge is 2.08. The van der Waals surface area contributed by atoms with Gasteiger partial charge < -0.3 is 10.2 Å². The number of ketones is 1. The van der Waals surface area contributed by atoms with E-state index in [1.54, 1.807) is 25.1 Å². The van der Waals surface area contributed by atoms with Gasteiger partial charge in [0.2, 0.25) is 0 Å². The van der Waals surface area contributed by atoms with Gasteiger partial charge in [-0.3, -0.25) is 4.79 Å². The maximum absolute atomic E-state index is 11.7.